The minimum Gasteiger partial charge on any atom is -0.496 e. The van der Waals surface area contributed by atoms with E-state index in [1.165, 1.54) is 31.0 Å². The molecule has 24 heavy (non-hydrogen) atoms. The van der Waals surface area contributed by atoms with Crippen LogP contribution in [0.2, 0.25) is 5.02 Å². The minimum absolute atomic E-state index is 0.134. The van der Waals surface area contributed by atoms with Crippen molar-refractivity contribution in [3.05, 3.63) is 57.6 Å². The molecule has 0 aliphatic carbocycles. The van der Waals surface area contributed by atoms with Crippen LogP contribution in [0.15, 0.2) is 47.4 Å². The lowest BCUT2D eigenvalue weighted by atomic mass is 10.2. The van der Waals surface area contributed by atoms with Crippen LogP contribution in [0.1, 0.15) is 6.92 Å². The van der Waals surface area contributed by atoms with Gasteiger partial charge in [0.15, 0.2) is 0 Å². The first-order valence-corrected chi connectivity index (χ1v) is 8.22. The number of nitrogens with one attached hydrogen (secondary N) is 1. The van der Waals surface area contributed by atoms with Gasteiger partial charge in [0.1, 0.15) is 11.4 Å². The van der Waals surface area contributed by atoms with E-state index in [4.69, 9.17) is 16.3 Å². The van der Waals surface area contributed by atoms with Crippen LogP contribution in [-0.2, 0) is 4.79 Å². The summed E-state index contributed by atoms with van der Waals surface area (Å²) in [5.41, 5.74) is -0.0826. The van der Waals surface area contributed by atoms with Crippen molar-refractivity contribution in [2.45, 2.75) is 17.1 Å². The monoisotopic (exact) mass is 366 g/mol. The third-order valence-corrected chi connectivity index (χ3v) is 4.52. The number of anilines is 1. The molecule has 6 nitrogen and oxygen atoms in total. The van der Waals surface area contributed by atoms with Crippen molar-refractivity contribution in [1.82, 2.24) is 0 Å². The van der Waals surface area contributed by atoms with Crippen LogP contribution in [0.4, 0.5) is 11.4 Å². The molecular weight excluding hydrogens is 352 g/mol. The fraction of sp³-hybridized carbons (Fsp3) is 0.188. The fourth-order valence-electron chi connectivity index (χ4n) is 1.90. The predicted octanol–water partition coefficient (Wildman–Crippen LogP) is 4.38. The molecular formula is C16H15ClN2O4S. The Kier molecular flexibility index (Phi) is 6.05. The summed E-state index contributed by atoms with van der Waals surface area (Å²) < 4.78 is 4.97. The van der Waals surface area contributed by atoms with Crippen molar-refractivity contribution in [1.29, 1.82) is 0 Å². The zero-order chi connectivity index (χ0) is 17.7. The second-order valence-corrected chi connectivity index (χ2v) is 6.69. The maximum atomic E-state index is 12.3. The summed E-state index contributed by atoms with van der Waals surface area (Å²) in [5.74, 6) is 0.0199. The number of hydrogen-bond donors (Lipinski definition) is 1. The second kappa shape index (κ2) is 8.03. The third kappa shape index (κ3) is 4.62. The summed E-state index contributed by atoms with van der Waals surface area (Å²) in [6.07, 6.45) is 0. The zero-order valence-electron chi connectivity index (χ0n) is 13.0. The number of carbonyl (C=O) groups excluding carboxylic acids is 1. The van der Waals surface area contributed by atoms with Crippen molar-refractivity contribution in [2.75, 3.05) is 12.4 Å². The number of methoxy groups -OCH3 is 1. The molecule has 2 aromatic carbocycles. The number of ether oxygens (including phenoxy) is 1. The predicted molar refractivity (Wildman–Crippen MR) is 95.0 cm³/mol. The van der Waals surface area contributed by atoms with E-state index < -0.39 is 10.2 Å². The highest BCUT2D eigenvalue weighted by molar-refractivity contribution is 8.00. The van der Waals surface area contributed by atoms with E-state index in [0.29, 0.717) is 10.8 Å². The van der Waals surface area contributed by atoms with Crippen molar-refractivity contribution < 1.29 is 14.5 Å². The molecule has 0 spiro atoms. The van der Waals surface area contributed by atoms with E-state index in [-0.39, 0.29) is 17.3 Å². The largest absolute Gasteiger partial charge is 0.496 e. The highest BCUT2D eigenvalue weighted by Gasteiger charge is 2.20. The quantitative estimate of drug-likeness (QED) is 0.466. The molecule has 0 radical (unpaired) electrons. The van der Waals surface area contributed by atoms with Gasteiger partial charge in [0.25, 0.3) is 5.69 Å². The first-order valence-electron chi connectivity index (χ1n) is 6.96. The van der Waals surface area contributed by atoms with Gasteiger partial charge in [-0.3, -0.25) is 14.9 Å². The molecule has 0 aromatic heterocycles. The summed E-state index contributed by atoms with van der Waals surface area (Å²) in [4.78, 5) is 23.8. The Morgan fingerprint density at radius 3 is 2.54 bits per heavy atom. The van der Waals surface area contributed by atoms with Crippen molar-refractivity contribution in [2.24, 2.45) is 0 Å². The van der Waals surface area contributed by atoms with Gasteiger partial charge < -0.3 is 10.1 Å². The number of amides is 1. The normalized spacial score (nSPS) is 11.6. The summed E-state index contributed by atoms with van der Waals surface area (Å²) in [7, 11) is 1.42. The fourth-order valence-corrected chi connectivity index (χ4v) is 2.89. The van der Waals surface area contributed by atoms with Crippen LogP contribution in [0.25, 0.3) is 0 Å². The van der Waals surface area contributed by atoms with Crippen LogP contribution in [0.3, 0.4) is 0 Å². The second-order valence-electron chi connectivity index (χ2n) is 4.84. The maximum absolute atomic E-state index is 12.3. The molecule has 126 valence electrons. The van der Waals surface area contributed by atoms with Gasteiger partial charge in [-0.2, -0.15) is 0 Å². The topological polar surface area (TPSA) is 81.5 Å². The number of rotatable bonds is 6. The Bertz CT molecular complexity index is 752. The molecule has 0 aliphatic rings. The Balaban J connectivity index is 2.11. The van der Waals surface area contributed by atoms with Gasteiger partial charge >= 0.3 is 0 Å². The van der Waals surface area contributed by atoms with Crippen molar-refractivity contribution in [3.63, 3.8) is 0 Å². The Morgan fingerprint density at radius 1 is 1.29 bits per heavy atom. The number of nitro groups is 1. The Hall–Kier alpha value is -2.25. The van der Waals surface area contributed by atoms with Crippen molar-refractivity contribution in [3.8, 4) is 5.75 Å². The third-order valence-electron chi connectivity index (χ3n) is 3.16. The first-order chi connectivity index (χ1) is 11.4. The summed E-state index contributed by atoms with van der Waals surface area (Å²) in [6.45, 7) is 1.73. The van der Waals surface area contributed by atoms with Crippen LogP contribution in [-0.4, -0.2) is 23.2 Å². The highest BCUT2D eigenvalue weighted by Crippen LogP contribution is 2.30. The van der Waals surface area contributed by atoms with Gasteiger partial charge in [-0.05, 0) is 43.3 Å². The SMILES string of the molecule is COc1ccc(NC(=O)[C@H](C)Sc2ccc(Cl)cc2)c([N+](=O)[O-])c1. The van der Waals surface area contributed by atoms with Gasteiger partial charge in [0.2, 0.25) is 5.91 Å². The summed E-state index contributed by atoms with van der Waals surface area (Å²) >= 11 is 7.16. The molecule has 2 rings (SSSR count). The van der Waals surface area contributed by atoms with E-state index >= 15 is 0 Å². The number of carbonyl (C=O) groups is 1. The molecule has 2 aromatic rings. The van der Waals surface area contributed by atoms with Gasteiger partial charge in [-0.15, -0.1) is 11.8 Å². The minimum atomic E-state index is -0.560. The standard InChI is InChI=1S/C16H15ClN2O4S/c1-10(24-13-6-3-11(17)4-7-13)16(20)18-14-8-5-12(23-2)9-15(14)19(21)22/h3-10H,1-2H3,(H,18,20)/t10-/m0/s1. The molecule has 0 fully saturated rings. The number of nitrogens with zero attached hydrogens (tertiary/aromatic N) is 1. The maximum Gasteiger partial charge on any atom is 0.296 e. The lowest BCUT2D eigenvalue weighted by molar-refractivity contribution is -0.384. The summed E-state index contributed by atoms with van der Waals surface area (Å²) in [6, 6.07) is 11.4. The number of benzene rings is 2. The molecule has 1 amide bonds. The molecule has 0 heterocycles. The average molecular weight is 367 g/mol. The lowest BCUT2D eigenvalue weighted by Gasteiger charge is -2.12. The van der Waals surface area contributed by atoms with Gasteiger partial charge in [-0.1, -0.05) is 11.6 Å². The molecule has 0 unspecified atom stereocenters. The van der Waals surface area contributed by atoms with E-state index in [9.17, 15) is 14.9 Å². The first kappa shape index (κ1) is 18.1. The molecule has 8 heteroatoms. The van der Waals surface area contributed by atoms with E-state index in [1.54, 1.807) is 25.1 Å². The van der Waals surface area contributed by atoms with Crippen LogP contribution >= 0.6 is 23.4 Å². The smallest absolute Gasteiger partial charge is 0.296 e. The van der Waals surface area contributed by atoms with Gasteiger partial charge in [0, 0.05) is 9.92 Å². The van der Waals surface area contributed by atoms with Crippen LogP contribution < -0.4 is 10.1 Å². The highest BCUT2D eigenvalue weighted by atomic mass is 35.5. The number of halogens is 1. The van der Waals surface area contributed by atoms with Gasteiger partial charge in [-0.25, -0.2) is 0 Å². The lowest BCUT2D eigenvalue weighted by Crippen LogP contribution is -2.22. The van der Waals surface area contributed by atoms with Crippen molar-refractivity contribution >= 4 is 40.6 Å². The van der Waals surface area contributed by atoms with Gasteiger partial charge in [0.05, 0.1) is 23.3 Å². The molecule has 0 bridgehead atoms. The molecule has 0 saturated carbocycles. The van der Waals surface area contributed by atoms with E-state index in [1.807, 2.05) is 12.1 Å². The molecule has 0 saturated heterocycles. The molecule has 1 N–H and O–H groups in total. The van der Waals surface area contributed by atoms with E-state index in [2.05, 4.69) is 5.32 Å². The number of thioether (sulfide) groups is 1. The zero-order valence-corrected chi connectivity index (χ0v) is 14.6. The molecule has 0 aliphatic heterocycles. The Labute approximate surface area is 148 Å². The van der Waals surface area contributed by atoms with Crippen LogP contribution in [0, 0.1) is 10.1 Å². The Morgan fingerprint density at radius 2 is 1.96 bits per heavy atom. The number of nitro benzene ring substituents is 1. The molecule has 1 atom stereocenters. The summed E-state index contributed by atoms with van der Waals surface area (Å²) in [5, 5.41) is 13.9. The average Bonchev–Trinajstić information content (AvgIpc) is 2.57. The van der Waals surface area contributed by atoms with Crippen LogP contribution in [0.5, 0.6) is 5.75 Å². The van der Waals surface area contributed by atoms with E-state index in [0.717, 1.165) is 4.90 Å². The number of hydrogen-bond acceptors (Lipinski definition) is 5.